The van der Waals surface area contributed by atoms with Gasteiger partial charge in [0.05, 0.1) is 8.22 Å². The maximum atomic E-state index is 9.83. The summed E-state index contributed by atoms with van der Waals surface area (Å²) < 4.78 is 67.6. The summed E-state index contributed by atoms with van der Waals surface area (Å²) in [7, 11) is 0. The third kappa shape index (κ3) is 6.68. The van der Waals surface area contributed by atoms with Gasteiger partial charge in [-0.25, -0.2) is 15.0 Å². The molecule has 6 heteroatoms. The Bertz CT molecular complexity index is 4650. The normalized spacial score (nSPS) is 13.0. The molecule has 322 valence electrons. The first-order valence-electron chi connectivity index (χ1n) is 25.6. The second kappa shape index (κ2) is 16.1. The van der Waals surface area contributed by atoms with Crippen molar-refractivity contribution in [3.8, 4) is 78.7 Å². The fourth-order valence-corrected chi connectivity index (χ4v) is 12.1. The third-order valence-electron chi connectivity index (χ3n) is 12.9. The number of furan rings is 1. The van der Waals surface area contributed by atoms with Gasteiger partial charge in [0, 0.05) is 67.8 Å². The molecule has 69 heavy (non-hydrogen) atoms. The molecule has 0 N–H and O–H groups in total. The third-order valence-corrected chi connectivity index (χ3v) is 15.3. The van der Waals surface area contributed by atoms with Crippen molar-refractivity contribution in [2.75, 3.05) is 0 Å². The van der Waals surface area contributed by atoms with Crippen LogP contribution in [0.25, 0.3) is 141 Å². The first-order chi connectivity index (χ1) is 36.7. The minimum atomic E-state index is -0.341. The number of nitrogens with zero attached hydrogens (tertiary/aromatic N) is 3. The zero-order chi connectivity index (χ0) is 50.6. The summed E-state index contributed by atoms with van der Waals surface area (Å²) in [5.41, 5.74) is 8.73. The Labute approximate surface area is 413 Å². The van der Waals surface area contributed by atoms with Crippen molar-refractivity contribution in [2.24, 2.45) is 0 Å². The molecular weight excluding hydrogens is 879 g/mol. The van der Waals surface area contributed by atoms with Gasteiger partial charge in [0.15, 0.2) is 17.5 Å². The first-order valence-corrected chi connectivity index (χ1v) is 24.2. The van der Waals surface area contributed by atoms with E-state index in [-0.39, 0.29) is 69.6 Å². The molecule has 0 fully saturated rings. The topological polar surface area (TPSA) is 51.8 Å². The average Bonchev–Trinajstić information content (AvgIpc) is 4.26. The van der Waals surface area contributed by atoms with E-state index in [0.29, 0.717) is 33.9 Å². The van der Waals surface area contributed by atoms with E-state index in [0.717, 1.165) is 42.4 Å². The van der Waals surface area contributed by atoms with Crippen LogP contribution in [0.1, 0.15) is 8.22 Å². The summed E-state index contributed by atoms with van der Waals surface area (Å²) in [5.74, 6) is 0.618. The minimum absolute atomic E-state index is 0.00419. The number of aromatic nitrogens is 3. The number of hydrogen-bond acceptors (Lipinski definition) is 6. The van der Waals surface area contributed by atoms with Gasteiger partial charge in [-0.2, -0.15) is 0 Å². The molecule has 14 rings (SSSR count). The van der Waals surface area contributed by atoms with Gasteiger partial charge in [0.1, 0.15) is 11.2 Å². The molecule has 0 radical (unpaired) electrons. The summed E-state index contributed by atoms with van der Waals surface area (Å²) in [6, 6.07) is 61.5. The maximum absolute atomic E-state index is 9.83. The summed E-state index contributed by atoms with van der Waals surface area (Å²) in [6.07, 6.45) is 0. The highest BCUT2D eigenvalue weighted by molar-refractivity contribution is 7.27. The number of benzene rings is 10. The molecule has 0 unspecified atom stereocenters. The van der Waals surface area contributed by atoms with Crippen LogP contribution < -0.4 is 0 Å². The quantitative estimate of drug-likeness (QED) is 0.160. The van der Waals surface area contributed by atoms with Crippen LogP contribution >= 0.6 is 22.7 Å². The molecule has 0 saturated carbocycles. The van der Waals surface area contributed by atoms with Crippen LogP contribution in [0.15, 0.2) is 229 Å². The van der Waals surface area contributed by atoms with Gasteiger partial charge < -0.3 is 4.42 Å². The molecular formula is C63H37N3OS2. The SMILES string of the molecule is [2H]c1c([2H])c(-c2cccc3sc4ccccc4c23)c2c(oc3c([2H])c(-c4nc(-c5ccc(-c6ccccc6)cc5)nc(-c5ccc(-c6cccc7c6sc6c(-c8ccccc8)cccc67)cc5)n4)c([2H])c([2H])c32)c1[2H]. The molecule has 0 amide bonds. The van der Waals surface area contributed by atoms with Crippen molar-refractivity contribution < 1.29 is 12.6 Å². The predicted molar refractivity (Wildman–Crippen MR) is 291 cm³/mol. The maximum Gasteiger partial charge on any atom is 0.164 e. The molecule has 0 aliphatic rings. The van der Waals surface area contributed by atoms with Crippen LogP contribution in [-0.2, 0) is 0 Å². The smallest absolute Gasteiger partial charge is 0.164 e. The number of hydrogen-bond donors (Lipinski definition) is 0. The van der Waals surface area contributed by atoms with Crippen LogP contribution in [0.4, 0.5) is 0 Å². The Kier molecular flexibility index (Phi) is 7.88. The van der Waals surface area contributed by atoms with E-state index in [1.165, 1.54) is 31.3 Å². The summed E-state index contributed by atoms with van der Waals surface area (Å²) in [5, 5.41) is 4.62. The van der Waals surface area contributed by atoms with E-state index in [1.807, 2.05) is 115 Å². The van der Waals surface area contributed by atoms with Crippen LogP contribution in [0.2, 0.25) is 0 Å². The lowest BCUT2D eigenvalue weighted by molar-refractivity contribution is 0.669. The highest BCUT2D eigenvalue weighted by atomic mass is 32.1. The van der Waals surface area contributed by atoms with Gasteiger partial charge >= 0.3 is 0 Å². The summed E-state index contributed by atoms with van der Waals surface area (Å²) in [4.78, 5) is 15.0. The van der Waals surface area contributed by atoms with Crippen LogP contribution in [-0.4, -0.2) is 15.0 Å². The zero-order valence-corrected chi connectivity index (χ0v) is 38.1. The Morgan fingerprint density at radius 2 is 0.855 bits per heavy atom. The minimum Gasteiger partial charge on any atom is -0.456 e. The van der Waals surface area contributed by atoms with Crippen molar-refractivity contribution in [3.05, 3.63) is 224 Å². The highest BCUT2D eigenvalue weighted by Gasteiger charge is 2.20. The molecule has 0 aliphatic heterocycles. The van der Waals surface area contributed by atoms with Crippen molar-refractivity contribution in [1.82, 2.24) is 15.0 Å². The Balaban J connectivity index is 0.942. The molecule has 0 atom stereocenters. The van der Waals surface area contributed by atoms with Gasteiger partial charge in [-0.3, -0.25) is 0 Å². The van der Waals surface area contributed by atoms with Crippen molar-refractivity contribution in [3.63, 3.8) is 0 Å². The molecule has 0 spiro atoms. The fraction of sp³-hybridized carbons (Fsp3) is 0. The molecule has 4 nitrogen and oxygen atoms in total. The van der Waals surface area contributed by atoms with E-state index in [2.05, 4.69) is 72.8 Å². The Morgan fingerprint density at radius 3 is 1.55 bits per heavy atom. The van der Waals surface area contributed by atoms with Crippen molar-refractivity contribution in [1.29, 1.82) is 0 Å². The first kappa shape index (κ1) is 33.8. The van der Waals surface area contributed by atoms with Gasteiger partial charge in [0.2, 0.25) is 0 Å². The second-order valence-corrected chi connectivity index (χ2v) is 19.1. The van der Waals surface area contributed by atoms with Gasteiger partial charge in [-0.1, -0.05) is 194 Å². The molecule has 10 aromatic carbocycles. The average molecular weight is 922 g/mol. The summed E-state index contributed by atoms with van der Waals surface area (Å²) >= 11 is 3.41. The van der Waals surface area contributed by atoms with E-state index in [9.17, 15) is 5.48 Å². The van der Waals surface area contributed by atoms with E-state index < -0.39 is 0 Å². The number of fused-ring (bicyclic) bond motifs is 9. The van der Waals surface area contributed by atoms with Crippen molar-refractivity contribution in [2.45, 2.75) is 0 Å². The lowest BCUT2D eigenvalue weighted by atomic mass is 9.95. The zero-order valence-electron chi connectivity index (χ0n) is 42.5. The van der Waals surface area contributed by atoms with Crippen LogP contribution in [0.3, 0.4) is 0 Å². The Hall–Kier alpha value is -8.55. The molecule has 14 aromatic rings. The number of thiophene rings is 2. The fourth-order valence-electron chi connectivity index (χ4n) is 9.62. The molecule has 4 heterocycles. The van der Waals surface area contributed by atoms with Gasteiger partial charge in [0.25, 0.3) is 0 Å². The van der Waals surface area contributed by atoms with Gasteiger partial charge in [-0.15, -0.1) is 22.7 Å². The second-order valence-electron chi connectivity index (χ2n) is 16.9. The van der Waals surface area contributed by atoms with Crippen LogP contribution in [0.5, 0.6) is 0 Å². The van der Waals surface area contributed by atoms with E-state index >= 15 is 0 Å². The van der Waals surface area contributed by atoms with Gasteiger partial charge in [-0.05, 0) is 74.8 Å². The molecule has 0 aliphatic carbocycles. The lowest BCUT2D eigenvalue weighted by Gasteiger charge is -2.10. The standard InChI is InChI=1S/C63H37N3OS2/c1-3-13-38(14-4-1)39-27-31-42(32-28-39)61-64-62(43-33-29-41(30-34-43)46-19-10-23-50-49-22-9-18-45(59(49)69-60(46)50)40-15-5-2-6-16-40)66-63(65-61)44-35-36-51-54(37-44)67-53-24-11-20-47(57(51)53)48-21-12-26-56-58(48)52-17-7-8-25-55(52)68-56/h1-37H/i11D,20D,24D,35D,36D,37D. The lowest BCUT2D eigenvalue weighted by Crippen LogP contribution is -2.00. The van der Waals surface area contributed by atoms with E-state index in [4.69, 9.17) is 22.1 Å². The molecule has 0 saturated heterocycles. The monoisotopic (exact) mass is 921 g/mol. The largest absolute Gasteiger partial charge is 0.456 e. The Morgan fingerprint density at radius 1 is 0.333 bits per heavy atom. The highest BCUT2D eigenvalue weighted by Crippen LogP contribution is 2.46. The predicted octanol–water partition coefficient (Wildman–Crippen LogP) is 18.2. The molecule has 4 aromatic heterocycles. The van der Waals surface area contributed by atoms with E-state index in [1.54, 1.807) is 22.7 Å². The number of rotatable bonds is 7. The summed E-state index contributed by atoms with van der Waals surface area (Å²) in [6.45, 7) is 0. The molecule has 0 bridgehead atoms. The van der Waals surface area contributed by atoms with Crippen molar-refractivity contribution >= 4 is 85.0 Å². The van der Waals surface area contributed by atoms with Crippen LogP contribution in [0, 0.1) is 0 Å².